The molecule has 0 unspecified atom stereocenters. The highest BCUT2D eigenvalue weighted by Crippen LogP contribution is 2.17. The third kappa shape index (κ3) is 3.96. The number of anilines is 1. The van der Waals surface area contributed by atoms with E-state index in [0.717, 1.165) is 6.07 Å². The highest BCUT2D eigenvalue weighted by molar-refractivity contribution is 7.92. The van der Waals surface area contributed by atoms with Gasteiger partial charge in [-0.1, -0.05) is 6.92 Å². The number of nitrogens with zero attached hydrogens (tertiary/aromatic N) is 2. The van der Waals surface area contributed by atoms with E-state index in [1.165, 1.54) is 24.5 Å². The minimum Gasteiger partial charge on any atom is -0.313 e. The molecule has 0 aliphatic rings. The van der Waals surface area contributed by atoms with Gasteiger partial charge in [0.25, 0.3) is 10.0 Å². The first kappa shape index (κ1) is 15.3. The van der Waals surface area contributed by atoms with Crippen molar-refractivity contribution in [3.05, 3.63) is 48.0 Å². The molecule has 0 radical (unpaired) electrons. The Labute approximate surface area is 122 Å². The summed E-state index contributed by atoms with van der Waals surface area (Å²) in [6.07, 6.45) is 2.85. The van der Waals surface area contributed by atoms with Crippen LogP contribution >= 0.6 is 0 Å². The third-order valence-electron chi connectivity index (χ3n) is 2.68. The number of sulfonamides is 1. The number of halogens is 1. The van der Waals surface area contributed by atoms with Crippen LogP contribution in [0.2, 0.25) is 0 Å². The zero-order valence-electron chi connectivity index (χ0n) is 11.4. The van der Waals surface area contributed by atoms with Gasteiger partial charge in [0.05, 0.1) is 4.90 Å². The van der Waals surface area contributed by atoms with E-state index in [4.69, 9.17) is 0 Å². The van der Waals surface area contributed by atoms with Crippen molar-refractivity contribution in [3.8, 4) is 0 Å². The van der Waals surface area contributed by atoms with Crippen LogP contribution in [0, 0.1) is 5.82 Å². The first-order valence-corrected chi connectivity index (χ1v) is 7.80. The molecule has 2 N–H and O–H groups in total. The molecule has 0 bridgehead atoms. The average molecular weight is 310 g/mol. The highest BCUT2D eigenvalue weighted by atomic mass is 32.2. The minimum atomic E-state index is -3.85. The van der Waals surface area contributed by atoms with E-state index >= 15 is 0 Å². The van der Waals surface area contributed by atoms with Crippen LogP contribution in [-0.2, 0) is 16.6 Å². The van der Waals surface area contributed by atoms with Gasteiger partial charge in [0.1, 0.15) is 5.82 Å². The predicted molar refractivity (Wildman–Crippen MR) is 76.6 cm³/mol. The van der Waals surface area contributed by atoms with Gasteiger partial charge in [0.2, 0.25) is 5.95 Å². The van der Waals surface area contributed by atoms with Gasteiger partial charge in [-0.3, -0.25) is 0 Å². The van der Waals surface area contributed by atoms with E-state index in [9.17, 15) is 12.8 Å². The van der Waals surface area contributed by atoms with Crippen LogP contribution in [0.4, 0.5) is 10.3 Å². The molecular weight excluding hydrogens is 295 g/mol. The van der Waals surface area contributed by atoms with Crippen LogP contribution in [0.1, 0.15) is 12.5 Å². The van der Waals surface area contributed by atoms with Crippen molar-refractivity contribution < 1.29 is 12.8 Å². The zero-order chi connectivity index (χ0) is 15.3. The van der Waals surface area contributed by atoms with Gasteiger partial charge < -0.3 is 5.32 Å². The summed E-state index contributed by atoms with van der Waals surface area (Å²) in [5.74, 6) is -0.485. The smallest absolute Gasteiger partial charge is 0.264 e. The van der Waals surface area contributed by atoms with Gasteiger partial charge in [0, 0.05) is 24.5 Å². The average Bonchev–Trinajstić information content (AvgIpc) is 2.47. The predicted octanol–water partition coefficient (Wildman–Crippen LogP) is 1.53. The number of benzene rings is 1. The second-order valence-corrected chi connectivity index (χ2v) is 5.89. The van der Waals surface area contributed by atoms with E-state index in [2.05, 4.69) is 20.0 Å². The van der Waals surface area contributed by atoms with Gasteiger partial charge in [0.15, 0.2) is 0 Å². The van der Waals surface area contributed by atoms with E-state index < -0.39 is 15.8 Å². The molecule has 21 heavy (non-hydrogen) atoms. The van der Waals surface area contributed by atoms with E-state index in [1.54, 1.807) is 6.07 Å². The Bertz CT molecular complexity index is 707. The molecule has 8 heteroatoms. The Morgan fingerprint density at radius 1 is 1.24 bits per heavy atom. The van der Waals surface area contributed by atoms with Gasteiger partial charge in [-0.05, 0) is 30.8 Å². The normalized spacial score (nSPS) is 11.3. The maximum Gasteiger partial charge on any atom is 0.264 e. The Balaban J connectivity index is 2.27. The lowest BCUT2D eigenvalue weighted by atomic mass is 10.2. The number of hydrogen-bond donors (Lipinski definition) is 2. The molecule has 0 spiro atoms. The first-order valence-electron chi connectivity index (χ1n) is 6.32. The number of rotatable bonds is 6. The number of nitrogens with one attached hydrogen (secondary N) is 2. The molecular formula is C13H15FN4O2S. The Morgan fingerprint density at radius 3 is 2.62 bits per heavy atom. The monoisotopic (exact) mass is 310 g/mol. The molecule has 112 valence electrons. The lowest BCUT2D eigenvalue weighted by Crippen LogP contribution is -2.17. The summed E-state index contributed by atoms with van der Waals surface area (Å²) in [6.45, 7) is 2.80. The SMILES string of the molecule is CCNCc1cc(S(=O)(=O)Nc2ncccn2)ccc1F. The van der Waals surface area contributed by atoms with Crippen molar-refractivity contribution >= 4 is 16.0 Å². The standard InChI is InChI=1S/C13H15FN4O2S/c1-2-15-9-10-8-11(4-5-12(10)14)21(19,20)18-13-16-6-3-7-17-13/h3-8,15H,2,9H2,1H3,(H,16,17,18). The van der Waals surface area contributed by atoms with Crippen molar-refractivity contribution in [1.29, 1.82) is 0 Å². The molecule has 1 aromatic carbocycles. The molecule has 2 aromatic rings. The van der Waals surface area contributed by atoms with Crippen LogP contribution in [0.15, 0.2) is 41.6 Å². The summed E-state index contributed by atoms with van der Waals surface area (Å²) in [5.41, 5.74) is 0.286. The fourth-order valence-electron chi connectivity index (χ4n) is 1.64. The quantitative estimate of drug-likeness (QED) is 0.845. The fourth-order valence-corrected chi connectivity index (χ4v) is 2.65. The van der Waals surface area contributed by atoms with E-state index in [1.807, 2.05) is 6.92 Å². The Kier molecular flexibility index (Phi) is 4.81. The minimum absolute atomic E-state index is 0.0324. The Hall–Kier alpha value is -2.06. The molecule has 0 amide bonds. The maximum atomic E-state index is 13.6. The van der Waals surface area contributed by atoms with Crippen LogP contribution in [0.3, 0.4) is 0 Å². The molecule has 0 atom stereocenters. The summed E-state index contributed by atoms with van der Waals surface area (Å²) in [6, 6.07) is 5.20. The second kappa shape index (κ2) is 6.59. The third-order valence-corrected chi connectivity index (χ3v) is 4.01. The molecule has 0 aliphatic heterocycles. The lowest BCUT2D eigenvalue weighted by molar-refractivity contribution is 0.586. The van der Waals surface area contributed by atoms with Crippen LogP contribution in [0.5, 0.6) is 0 Å². The van der Waals surface area contributed by atoms with Crippen molar-refractivity contribution in [2.45, 2.75) is 18.4 Å². The first-order chi connectivity index (χ1) is 10.0. The van der Waals surface area contributed by atoms with E-state index in [0.29, 0.717) is 6.54 Å². The van der Waals surface area contributed by atoms with Gasteiger partial charge in [-0.2, -0.15) is 0 Å². The summed E-state index contributed by atoms with van der Waals surface area (Å²) in [5, 5.41) is 2.95. The number of aromatic nitrogens is 2. The zero-order valence-corrected chi connectivity index (χ0v) is 12.2. The molecule has 0 fully saturated rings. The van der Waals surface area contributed by atoms with Crippen molar-refractivity contribution in [2.75, 3.05) is 11.3 Å². The topological polar surface area (TPSA) is 84.0 Å². The molecule has 0 saturated carbocycles. The van der Waals surface area contributed by atoms with Gasteiger partial charge in [-0.15, -0.1) is 0 Å². The van der Waals surface area contributed by atoms with Gasteiger partial charge >= 0.3 is 0 Å². The van der Waals surface area contributed by atoms with Crippen LogP contribution in [0.25, 0.3) is 0 Å². The molecule has 0 saturated heterocycles. The Morgan fingerprint density at radius 2 is 1.95 bits per heavy atom. The lowest BCUT2D eigenvalue weighted by Gasteiger charge is -2.09. The molecule has 0 aliphatic carbocycles. The summed E-state index contributed by atoms with van der Waals surface area (Å²) in [7, 11) is -3.85. The van der Waals surface area contributed by atoms with Crippen molar-refractivity contribution in [1.82, 2.24) is 15.3 Å². The van der Waals surface area contributed by atoms with E-state index in [-0.39, 0.29) is 23.0 Å². The summed E-state index contributed by atoms with van der Waals surface area (Å²) < 4.78 is 40.3. The van der Waals surface area contributed by atoms with Crippen molar-refractivity contribution in [3.63, 3.8) is 0 Å². The highest BCUT2D eigenvalue weighted by Gasteiger charge is 2.17. The summed E-state index contributed by atoms with van der Waals surface area (Å²) >= 11 is 0. The molecule has 1 heterocycles. The van der Waals surface area contributed by atoms with Crippen molar-refractivity contribution in [2.24, 2.45) is 0 Å². The molecule has 2 rings (SSSR count). The maximum absolute atomic E-state index is 13.6. The van der Waals surface area contributed by atoms with Crippen LogP contribution < -0.4 is 10.0 Å². The molecule has 1 aromatic heterocycles. The molecule has 6 nitrogen and oxygen atoms in total. The fraction of sp³-hybridized carbons (Fsp3) is 0.231. The number of hydrogen-bond acceptors (Lipinski definition) is 5. The van der Waals surface area contributed by atoms with Gasteiger partial charge in [-0.25, -0.2) is 27.5 Å². The second-order valence-electron chi connectivity index (χ2n) is 4.21. The summed E-state index contributed by atoms with van der Waals surface area (Å²) in [4.78, 5) is 7.54. The largest absolute Gasteiger partial charge is 0.313 e. The van der Waals surface area contributed by atoms with Crippen LogP contribution in [-0.4, -0.2) is 24.9 Å².